The number of anilines is 1. The van der Waals surface area contributed by atoms with Crippen LogP contribution in [0.4, 0.5) is 14.5 Å². The number of carbonyl (C=O) groups is 2. The molecule has 0 bridgehead atoms. The Balaban J connectivity index is 1.26. The second-order valence-electron chi connectivity index (χ2n) is 9.71. The van der Waals surface area contributed by atoms with Crippen molar-refractivity contribution in [2.75, 3.05) is 24.6 Å². The number of carboxylic acids is 1. The second-order valence-corrected chi connectivity index (χ2v) is 9.71. The number of rotatable bonds is 8. The maximum absolute atomic E-state index is 15.1. The van der Waals surface area contributed by atoms with Crippen molar-refractivity contribution in [3.8, 4) is 16.9 Å². The molecule has 8 heteroatoms. The van der Waals surface area contributed by atoms with Gasteiger partial charge in [0.2, 0.25) is 0 Å². The first kappa shape index (κ1) is 26.9. The summed E-state index contributed by atoms with van der Waals surface area (Å²) in [7, 11) is 0. The first-order chi connectivity index (χ1) is 19.3. The molecule has 0 radical (unpaired) electrons. The van der Waals surface area contributed by atoms with Gasteiger partial charge in [0.25, 0.3) is 5.91 Å². The molecule has 0 aromatic heterocycles. The lowest BCUT2D eigenvalue weighted by Gasteiger charge is -2.31. The van der Waals surface area contributed by atoms with Gasteiger partial charge in [0.1, 0.15) is 24.0 Å². The number of nitrogens with zero attached hydrogens (tertiary/aromatic N) is 1. The lowest BCUT2D eigenvalue weighted by molar-refractivity contribution is 0.0697. The number of aromatic carboxylic acids is 1. The van der Waals surface area contributed by atoms with Gasteiger partial charge in [-0.3, -0.25) is 4.79 Å². The predicted molar refractivity (Wildman–Crippen MR) is 149 cm³/mol. The lowest BCUT2D eigenvalue weighted by Crippen LogP contribution is -2.32. The Kier molecular flexibility index (Phi) is 7.77. The maximum Gasteiger partial charge on any atom is 0.336 e. The molecular formula is C32H28F2N2O4. The average molecular weight is 543 g/mol. The summed E-state index contributed by atoms with van der Waals surface area (Å²) in [5, 5.41) is 12.3. The fraction of sp³-hybridized carbons (Fsp3) is 0.188. The number of hydrogen-bond donors (Lipinski definition) is 2. The minimum Gasteiger partial charge on any atom is -0.490 e. The normalized spacial score (nSPS) is 12.4. The van der Waals surface area contributed by atoms with Gasteiger partial charge in [0.05, 0.1) is 17.8 Å². The van der Waals surface area contributed by atoms with Gasteiger partial charge in [-0.25, -0.2) is 13.6 Å². The van der Waals surface area contributed by atoms with E-state index in [0.29, 0.717) is 55.1 Å². The van der Waals surface area contributed by atoms with Gasteiger partial charge < -0.3 is 20.1 Å². The van der Waals surface area contributed by atoms with Crippen LogP contribution in [0.5, 0.6) is 5.75 Å². The number of carbonyl (C=O) groups excluding carboxylic acids is 1. The number of fused-ring (bicyclic) bond motifs is 1. The third-order valence-electron chi connectivity index (χ3n) is 6.97. The van der Waals surface area contributed by atoms with E-state index >= 15 is 4.39 Å². The highest BCUT2D eigenvalue weighted by Gasteiger charge is 2.21. The molecule has 0 spiro atoms. The van der Waals surface area contributed by atoms with Gasteiger partial charge in [-0.15, -0.1) is 0 Å². The minimum atomic E-state index is -1.11. The van der Waals surface area contributed by atoms with E-state index in [1.165, 1.54) is 18.2 Å². The molecule has 2 N–H and O–H groups in total. The number of nitrogens with one attached hydrogen (secondary N) is 1. The van der Waals surface area contributed by atoms with Crippen LogP contribution in [0, 0.1) is 18.6 Å². The first-order valence-corrected chi connectivity index (χ1v) is 13.0. The van der Waals surface area contributed by atoms with E-state index in [-0.39, 0.29) is 22.9 Å². The average Bonchev–Trinajstić information content (AvgIpc) is 2.95. The molecule has 6 nitrogen and oxygen atoms in total. The molecule has 1 amide bonds. The molecule has 1 heterocycles. The van der Waals surface area contributed by atoms with Gasteiger partial charge >= 0.3 is 5.97 Å². The molecule has 204 valence electrons. The highest BCUT2D eigenvalue weighted by Crippen LogP contribution is 2.34. The van der Waals surface area contributed by atoms with Crippen LogP contribution in [0.25, 0.3) is 11.1 Å². The van der Waals surface area contributed by atoms with Crippen molar-refractivity contribution in [2.45, 2.75) is 19.9 Å². The number of carboxylic acid groups (broad SMARTS) is 1. The first-order valence-electron chi connectivity index (χ1n) is 13.0. The summed E-state index contributed by atoms with van der Waals surface area (Å²) >= 11 is 0. The van der Waals surface area contributed by atoms with Crippen molar-refractivity contribution in [1.29, 1.82) is 0 Å². The Bertz CT molecular complexity index is 1590. The van der Waals surface area contributed by atoms with Gasteiger partial charge in [-0.2, -0.15) is 0 Å². The van der Waals surface area contributed by atoms with Crippen LogP contribution in [-0.2, 0) is 13.0 Å². The van der Waals surface area contributed by atoms with Gasteiger partial charge in [-0.1, -0.05) is 42.5 Å². The van der Waals surface area contributed by atoms with E-state index in [1.54, 1.807) is 55.5 Å². The molecule has 0 saturated carbocycles. The molecule has 1 aliphatic heterocycles. The maximum atomic E-state index is 15.1. The van der Waals surface area contributed by atoms with Crippen LogP contribution >= 0.6 is 0 Å². The smallest absolute Gasteiger partial charge is 0.336 e. The second kappa shape index (κ2) is 11.6. The van der Waals surface area contributed by atoms with Crippen molar-refractivity contribution in [1.82, 2.24) is 5.32 Å². The fourth-order valence-electron chi connectivity index (χ4n) is 4.80. The number of hydrogen-bond acceptors (Lipinski definition) is 4. The van der Waals surface area contributed by atoms with Crippen LogP contribution < -0.4 is 15.0 Å². The molecular weight excluding hydrogens is 514 g/mol. The Labute approximate surface area is 230 Å². The van der Waals surface area contributed by atoms with Gasteiger partial charge in [0, 0.05) is 24.2 Å². The van der Waals surface area contributed by atoms with E-state index in [2.05, 4.69) is 5.32 Å². The Hall–Kier alpha value is -4.72. The predicted octanol–water partition coefficient (Wildman–Crippen LogP) is 6.01. The molecule has 40 heavy (non-hydrogen) atoms. The van der Waals surface area contributed by atoms with Crippen molar-refractivity contribution in [2.24, 2.45) is 0 Å². The largest absolute Gasteiger partial charge is 0.490 e. The summed E-state index contributed by atoms with van der Waals surface area (Å²) in [4.78, 5) is 26.4. The van der Waals surface area contributed by atoms with Crippen molar-refractivity contribution >= 4 is 17.6 Å². The third-order valence-corrected chi connectivity index (χ3v) is 6.97. The van der Waals surface area contributed by atoms with Crippen LogP contribution in [0.15, 0.2) is 78.9 Å². The summed E-state index contributed by atoms with van der Waals surface area (Å²) in [6.07, 6.45) is 0.509. The monoisotopic (exact) mass is 542 g/mol. The number of aryl methyl sites for hydroxylation is 1. The van der Waals surface area contributed by atoms with Crippen molar-refractivity contribution in [3.63, 3.8) is 0 Å². The standard InChI is InChI=1S/C32H28F2N2O4/c1-20-6-7-21(16-27(20)33)12-13-35-31(37)23-9-11-29-30(18-23)40-15-14-36(29)19-22-8-10-25(28(34)17-22)24-4-2-3-5-26(24)32(38)39/h2-11,16-18H,12-15,19H2,1H3,(H,35,37)(H,38,39). The van der Waals surface area contributed by atoms with Crippen molar-refractivity contribution in [3.05, 3.63) is 118 Å². The molecule has 0 atom stereocenters. The van der Waals surface area contributed by atoms with E-state index in [0.717, 1.165) is 16.8 Å². The Morgan fingerprint density at radius 1 is 0.925 bits per heavy atom. The molecule has 4 aromatic rings. The highest BCUT2D eigenvalue weighted by atomic mass is 19.1. The summed E-state index contributed by atoms with van der Waals surface area (Å²) in [5.41, 5.74) is 3.95. The van der Waals surface area contributed by atoms with Crippen LogP contribution in [0.1, 0.15) is 37.4 Å². The van der Waals surface area contributed by atoms with Gasteiger partial charge in [-0.05, 0) is 72.0 Å². The molecule has 0 aliphatic carbocycles. The molecule has 0 fully saturated rings. The zero-order valence-electron chi connectivity index (χ0n) is 21.9. The highest BCUT2D eigenvalue weighted by molar-refractivity contribution is 5.96. The Morgan fingerprint density at radius 2 is 1.70 bits per heavy atom. The number of ether oxygens (including phenoxy) is 1. The quantitative estimate of drug-likeness (QED) is 0.285. The molecule has 1 aliphatic rings. The number of halogens is 2. The van der Waals surface area contributed by atoms with Crippen molar-refractivity contribution < 1.29 is 28.2 Å². The molecule has 5 rings (SSSR count). The summed E-state index contributed by atoms with van der Waals surface area (Å²) in [6, 6.07) is 21.4. The molecule has 4 aromatic carbocycles. The van der Waals surface area contributed by atoms with Crippen LogP contribution in [0.3, 0.4) is 0 Å². The lowest BCUT2D eigenvalue weighted by atomic mass is 9.98. The molecule has 0 saturated heterocycles. The number of amides is 1. The van der Waals surface area contributed by atoms with Gasteiger partial charge in [0.15, 0.2) is 0 Å². The van der Waals surface area contributed by atoms with Crippen LogP contribution in [-0.4, -0.2) is 36.7 Å². The third kappa shape index (κ3) is 5.81. The fourth-order valence-corrected chi connectivity index (χ4v) is 4.80. The van der Waals surface area contributed by atoms with Crippen LogP contribution in [0.2, 0.25) is 0 Å². The van der Waals surface area contributed by atoms with E-state index in [9.17, 15) is 19.1 Å². The Morgan fingerprint density at radius 3 is 2.48 bits per heavy atom. The summed E-state index contributed by atoms with van der Waals surface area (Å²) in [6.45, 7) is 3.47. The summed E-state index contributed by atoms with van der Waals surface area (Å²) < 4.78 is 34.7. The van der Waals surface area contributed by atoms with E-state index in [1.807, 2.05) is 17.0 Å². The zero-order valence-corrected chi connectivity index (χ0v) is 21.9. The SMILES string of the molecule is Cc1ccc(CCNC(=O)c2ccc3c(c2)OCCN3Cc2ccc(-c3ccccc3C(=O)O)c(F)c2)cc1F. The zero-order chi connectivity index (χ0) is 28.2. The number of benzene rings is 4. The molecule has 0 unspecified atom stereocenters. The minimum absolute atomic E-state index is 0.0418. The summed E-state index contributed by atoms with van der Waals surface area (Å²) in [5.74, 6) is -1.57. The van der Waals surface area contributed by atoms with E-state index in [4.69, 9.17) is 4.74 Å². The van der Waals surface area contributed by atoms with E-state index < -0.39 is 11.8 Å². The topological polar surface area (TPSA) is 78.9 Å².